The number of methoxy groups -OCH3 is 7. The van der Waals surface area contributed by atoms with Crippen LogP contribution in [0.15, 0.2) is 91.2 Å². The van der Waals surface area contributed by atoms with Gasteiger partial charge in [-0.25, -0.2) is 0 Å². The van der Waals surface area contributed by atoms with Gasteiger partial charge in [0.15, 0.2) is 11.5 Å². The Kier molecular flexibility index (Phi) is 14.1. The number of benzene rings is 3. The van der Waals surface area contributed by atoms with E-state index in [-0.39, 0.29) is 6.04 Å². The lowest BCUT2D eigenvalue weighted by molar-refractivity contribution is 0.224. The van der Waals surface area contributed by atoms with Gasteiger partial charge >= 0.3 is 0 Å². The molecule has 0 unspecified atom stereocenters. The molecule has 1 fully saturated rings. The fourth-order valence-electron chi connectivity index (χ4n) is 7.13. The van der Waals surface area contributed by atoms with Crippen LogP contribution in [0.2, 0.25) is 0 Å². The second-order valence-corrected chi connectivity index (χ2v) is 13.4. The summed E-state index contributed by atoms with van der Waals surface area (Å²) < 4.78 is 39.5. The lowest BCUT2D eigenvalue weighted by Gasteiger charge is -2.40. The van der Waals surface area contributed by atoms with E-state index in [0.29, 0.717) is 23.8 Å². The van der Waals surface area contributed by atoms with E-state index in [0.717, 1.165) is 94.7 Å². The SMILES string of the molecule is C=C(/C=C(\C=C/C)CN1CCC(N(Cc2ccnc(-c3cc(OC)c(OC)c(OC)c3)c2)c2cc(OC)cc(OC)c2)CC1)c1cc(OC)c(C)c(OC)c1. The molecule has 1 saturated heterocycles. The number of allylic oxidation sites excluding steroid dienone is 3. The fourth-order valence-corrected chi connectivity index (χ4v) is 7.13. The molecule has 0 bridgehead atoms. The van der Waals surface area contributed by atoms with Gasteiger partial charge < -0.3 is 38.1 Å². The molecule has 0 saturated carbocycles. The molecule has 1 aromatic heterocycles. The predicted octanol–water partition coefficient (Wildman–Crippen LogP) is 8.80. The second kappa shape index (κ2) is 19.1. The fraction of sp³-hybridized carbons (Fsp3) is 0.356. The topological polar surface area (TPSA) is 84.0 Å². The van der Waals surface area contributed by atoms with Gasteiger partial charge in [0.05, 0.1) is 55.5 Å². The van der Waals surface area contributed by atoms with E-state index >= 15 is 0 Å². The Morgan fingerprint density at radius 2 is 1.38 bits per heavy atom. The molecular formula is C45H55N3O7. The van der Waals surface area contributed by atoms with Crippen molar-refractivity contribution >= 4 is 11.3 Å². The van der Waals surface area contributed by atoms with Gasteiger partial charge in [-0.1, -0.05) is 24.8 Å². The lowest BCUT2D eigenvalue weighted by atomic mass is 9.98. The van der Waals surface area contributed by atoms with Gasteiger partial charge in [-0.3, -0.25) is 9.88 Å². The quantitative estimate of drug-likeness (QED) is 0.0978. The molecular weight excluding hydrogens is 695 g/mol. The van der Waals surface area contributed by atoms with Crippen molar-refractivity contribution in [3.05, 3.63) is 108 Å². The van der Waals surface area contributed by atoms with Gasteiger partial charge in [-0.2, -0.15) is 0 Å². The molecule has 10 nitrogen and oxygen atoms in total. The Morgan fingerprint density at radius 3 is 1.91 bits per heavy atom. The van der Waals surface area contributed by atoms with E-state index in [1.54, 1.807) is 49.8 Å². The van der Waals surface area contributed by atoms with E-state index in [2.05, 4.69) is 58.9 Å². The van der Waals surface area contributed by atoms with Crippen molar-refractivity contribution in [1.29, 1.82) is 0 Å². The van der Waals surface area contributed by atoms with E-state index < -0.39 is 0 Å². The molecule has 0 atom stereocenters. The molecule has 292 valence electrons. The van der Waals surface area contributed by atoms with Crippen molar-refractivity contribution in [3.8, 4) is 51.5 Å². The number of nitrogens with zero attached hydrogens (tertiary/aromatic N) is 3. The largest absolute Gasteiger partial charge is 0.497 e. The molecule has 0 N–H and O–H groups in total. The summed E-state index contributed by atoms with van der Waals surface area (Å²) in [5.41, 5.74) is 7.85. The maximum Gasteiger partial charge on any atom is 0.203 e. The standard InChI is InChI=1S/C45H55N3O7/c1-11-12-32(19-30(2)34-21-41(51-6)31(3)42(22-34)52-7)28-47-17-14-36(15-18-47)48(37-25-38(49-4)27-39(26-37)50-5)29-33-13-16-46-40(20-33)35-23-43(53-8)45(55-10)44(24-35)54-9/h11-13,16,19-27,36H,2,14-15,17-18,28-29H2,1,3-10H3/b12-11-,32-19+. The molecule has 5 rings (SSSR count). The summed E-state index contributed by atoms with van der Waals surface area (Å²) >= 11 is 0. The van der Waals surface area contributed by atoms with Crippen molar-refractivity contribution in [2.75, 3.05) is 74.3 Å². The molecule has 1 aliphatic rings. The van der Waals surface area contributed by atoms with Gasteiger partial charge in [0.2, 0.25) is 5.75 Å². The molecule has 3 aromatic carbocycles. The summed E-state index contributed by atoms with van der Waals surface area (Å²) in [5.74, 6) is 4.74. The van der Waals surface area contributed by atoms with Crippen LogP contribution in [0.3, 0.4) is 0 Å². The second-order valence-electron chi connectivity index (χ2n) is 13.4. The Morgan fingerprint density at radius 1 is 0.782 bits per heavy atom. The lowest BCUT2D eigenvalue weighted by Crippen LogP contribution is -2.45. The molecule has 0 radical (unpaired) electrons. The Labute approximate surface area is 326 Å². The van der Waals surface area contributed by atoms with Crippen LogP contribution in [-0.2, 0) is 6.54 Å². The van der Waals surface area contributed by atoms with E-state index in [1.165, 1.54) is 5.57 Å². The minimum Gasteiger partial charge on any atom is -0.497 e. The van der Waals surface area contributed by atoms with Crippen LogP contribution in [-0.4, -0.2) is 85.3 Å². The summed E-state index contributed by atoms with van der Waals surface area (Å²) in [4.78, 5) is 9.72. The third kappa shape index (κ3) is 9.74. The first-order valence-corrected chi connectivity index (χ1v) is 18.4. The molecule has 0 spiro atoms. The monoisotopic (exact) mass is 749 g/mol. The number of rotatable bonds is 17. The van der Waals surface area contributed by atoms with Crippen LogP contribution in [0.25, 0.3) is 16.8 Å². The highest BCUT2D eigenvalue weighted by Gasteiger charge is 2.27. The highest BCUT2D eigenvalue weighted by molar-refractivity contribution is 5.76. The third-order valence-corrected chi connectivity index (χ3v) is 10.1. The van der Waals surface area contributed by atoms with Crippen molar-refractivity contribution < 1.29 is 33.2 Å². The molecule has 2 heterocycles. The van der Waals surface area contributed by atoms with Gasteiger partial charge in [0.1, 0.15) is 23.0 Å². The summed E-state index contributed by atoms with van der Waals surface area (Å²) in [6.45, 7) is 11.8. The molecule has 55 heavy (non-hydrogen) atoms. The number of ether oxygens (including phenoxy) is 7. The number of anilines is 1. The van der Waals surface area contributed by atoms with Gasteiger partial charge in [0.25, 0.3) is 0 Å². The number of hydrogen-bond donors (Lipinski definition) is 0. The predicted molar refractivity (Wildman–Crippen MR) is 221 cm³/mol. The maximum atomic E-state index is 5.71. The maximum absolute atomic E-state index is 5.71. The minimum atomic E-state index is 0.266. The summed E-state index contributed by atoms with van der Waals surface area (Å²) in [5, 5.41) is 0. The number of aromatic nitrogens is 1. The smallest absolute Gasteiger partial charge is 0.203 e. The molecule has 4 aromatic rings. The van der Waals surface area contributed by atoms with Crippen molar-refractivity contribution in [2.45, 2.75) is 39.3 Å². The highest BCUT2D eigenvalue weighted by atomic mass is 16.5. The van der Waals surface area contributed by atoms with Crippen molar-refractivity contribution in [2.24, 2.45) is 0 Å². The molecule has 0 amide bonds. The highest BCUT2D eigenvalue weighted by Crippen LogP contribution is 2.41. The van der Waals surface area contributed by atoms with E-state index in [1.807, 2.05) is 50.4 Å². The summed E-state index contributed by atoms with van der Waals surface area (Å²) in [6, 6.07) is 18.4. The van der Waals surface area contributed by atoms with Gasteiger partial charge in [0, 0.05) is 73.4 Å². The van der Waals surface area contributed by atoms with Crippen LogP contribution in [0, 0.1) is 6.92 Å². The van der Waals surface area contributed by atoms with Crippen molar-refractivity contribution in [3.63, 3.8) is 0 Å². The van der Waals surface area contributed by atoms with Crippen LogP contribution in [0.5, 0.6) is 40.2 Å². The van der Waals surface area contributed by atoms with Gasteiger partial charge in [-0.05, 0) is 85.4 Å². The van der Waals surface area contributed by atoms with Crippen LogP contribution in [0.4, 0.5) is 5.69 Å². The van der Waals surface area contributed by atoms with Crippen LogP contribution >= 0.6 is 0 Å². The minimum absolute atomic E-state index is 0.266. The number of hydrogen-bond acceptors (Lipinski definition) is 10. The Bertz CT molecular complexity index is 1930. The molecule has 0 aliphatic carbocycles. The van der Waals surface area contributed by atoms with Crippen LogP contribution < -0.4 is 38.1 Å². The molecule has 10 heteroatoms. The van der Waals surface area contributed by atoms with E-state index in [4.69, 9.17) is 38.1 Å². The van der Waals surface area contributed by atoms with Crippen molar-refractivity contribution in [1.82, 2.24) is 9.88 Å². The van der Waals surface area contributed by atoms with Crippen LogP contribution in [0.1, 0.15) is 36.5 Å². The zero-order valence-corrected chi connectivity index (χ0v) is 33.7. The average molecular weight is 750 g/mol. The zero-order valence-electron chi connectivity index (χ0n) is 33.7. The number of piperidine rings is 1. The summed E-state index contributed by atoms with van der Waals surface area (Å²) in [6.07, 6.45) is 10.2. The van der Waals surface area contributed by atoms with E-state index in [9.17, 15) is 0 Å². The average Bonchev–Trinajstić information content (AvgIpc) is 3.22. The third-order valence-electron chi connectivity index (χ3n) is 10.1. The zero-order chi connectivity index (χ0) is 39.5. The van der Waals surface area contributed by atoms with Gasteiger partial charge in [-0.15, -0.1) is 0 Å². The first-order valence-electron chi connectivity index (χ1n) is 18.4. The first-order chi connectivity index (χ1) is 26.7. The summed E-state index contributed by atoms with van der Waals surface area (Å²) in [7, 11) is 11.6. The Balaban J connectivity index is 1.39. The molecule has 1 aliphatic heterocycles. The normalized spacial score (nSPS) is 13.7. The number of likely N-dealkylation sites (tertiary alicyclic amines) is 1. The first kappa shape index (κ1) is 40.6. The Hall–Kier alpha value is -5.61. The number of pyridine rings is 1.